The zero-order valence-corrected chi connectivity index (χ0v) is 10.6. The fourth-order valence-electron chi connectivity index (χ4n) is 2.89. The van der Waals surface area contributed by atoms with Gasteiger partial charge in [-0.2, -0.15) is 0 Å². The van der Waals surface area contributed by atoms with Crippen molar-refractivity contribution in [2.24, 2.45) is 0 Å². The average molecular weight is 244 g/mol. The Kier molecular flexibility index (Phi) is 2.98. The summed E-state index contributed by atoms with van der Waals surface area (Å²) in [5.74, 6) is 0. The number of hydrogen-bond acceptors (Lipinski definition) is 1. The lowest BCUT2D eigenvalue weighted by molar-refractivity contribution is 0.224. The van der Waals surface area contributed by atoms with E-state index in [1.807, 2.05) is 6.07 Å². The van der Waals surface area contributed by atoms with Crippen molar-refractivity contribution >= 4 is 6.03 Å². The zero-order valence-electron chi connectivity index (χ0n) is 10.6. The van der Waals surface area contributed by atoms with Gasteiger partial charge in [0.15, 0.2) is 0 Å². The minimum Gasteiger partial charge on any atom is -0.335 e. The van der Waals surface area contributed by atoms with Crippen molar-refractivity contribution in [3.63, 3.8) is 0 Å². The van der Waals surface area contributed by atoms with Gasteiger partial charge in [-0.3, -0.25) is 0 Å². The quantitative estimate of drug-likeness (QED) is 0.843. The molecule has 3 heteroatoms. The molecule has 2 aliphatic carbocycles. The molecule has 0 bridgehead atoms. The van der Waals surface area contributed by atoms with Crippen LogP contribution in [-0.4, -0.2) is 12.1 Å². The van der Waals surface area contributed by atoms with Crippen LogP contribution >= 0.6 is 0 Å². The maximum atomic E-state index is 12.0. The highest BCUT2D eigenvalue weighted by Crippen LogP contribution is 2.38. The van der Waals surface area contributed by atoms with E-state index < -0.39 is 0 Å². The summed E-state index contributed by atoms with van der Waals surface area (Å²) in [6, 6.07) is 10.8. The molecule has 0 atom stereocenters. The Morgan fingerprint density at radius 2 is 1.78 bits per heavy atom. The molecule has 0 radical (unpaired) electrons. The van der Waals surface area contributed by atoms with Crippen molar-refractivity contribution in [3.05, 3.63) is 35.9 Å². The summed E-state index contributed by atoms with van der Waals surface area (Å²) in [5, 5.41) is 6.26. The lowest BCUT2D eigenvalue weighted by Crippen LogP contribution is -2.49. The van der Waals surface area contributed by atoms with E-state index in [0.717, 1.165) is 25.7 Å². The van der Waals surface area contributed by atoms with Gasteiger partial charge in [0.1, 0.15) is 0 Å². The Balaban J connectivity index is 1.76. The molecule has 0 aliphatic heterocycles. The third-order valence-electron chi connectivity index (χ3n) is 4.05. The molecule has 0 heterocycles. The van der Waals surface area contributed by atoms with Crippen LogP contribution in [0.3, 0.4) is 0 Å². The van der Waals surface area contributed by atoms with E-state index in [9.17, 15) is 4.79 Å². The van der Waals surface area contributed by atoms with Crippen LogP contribution in [-0.2, 0) is 5.54 Å². The summed E-state index contributed by atoms with van der Waals surface area (Å²) >= 11 is 0. The van der Waals surface area contributed by atoms with Crippen LogP contribution in [0.1, 0.15) is 44.1 Å². The van der Waals surface area contributed by atoms with E-state index in [1.165, 1.54) is 18.4 Å². The highest BCUT2D eigenvalue weighted by atomic mass is 16.2. The second-order valence-electron chi connectivity index (χ2n) is 5.53. The van der Waals surface area contributed by atoms with E-state index >= 15 is 0 Å². The number of urea groups is 1. The van der Waals surface area contributed by atoms with Crippen molar-refractivity contribution in [1.29, 1.82) is 0 Å². The van der Waals surface area contributed by atoms with Crippen LogP contribution in [0, 0.1) is 0 Å². The number of rotatable bonds is 3. The van der Waals surface area contributed by atoms with E-state index in [-0.39, 0.29) is 11.6 Å². The number of carbonyl (C=O) groups is 1. The maximum absolute atomic E-state index is 12.0. The summed E-state index contributed by atoms with van der Waals surface area (Å²) < 4.78 is 0. The number of nitrogens with one attached hydrogen (secondary N) is 2. The predicted molar refractivity (Wildman–Crippen MR) is 71.3 cm³/mol. The molecule has 3 rings (SSSR count). The molecule has 2 N–H and O–H groups in total. The average Bonchev–Trinajstić information content (AvgIpc) is 3.06. The van der Waals surface area contributed by atoms with Gasteiger partial charge in [-0.1, -0.05) is 43.2 Å². The third kappa shape index (κ3) is 2.35. The Bertz CT molecular complexity index is 419. The topological polar surface area (TPSA) is 41.1 Å². The number of hydrogen-bond donors (Lipinski definition) is 2. The summed E-state index contributed by atoms with van der Waals surface area (Å²) in [5.41, 5.74) is 1.11. The van der Waals surface area contributed by atoms with E-state index in [1.54, 1.807) is 0 Å². The molecule has 2 aliphatic rings. The molecule has 2 amide bonds. The SMILES string of the molecule is O=C(NC1CC1)NC1(c2ccccc2)CCCC1. The van der Waals surface area contributed by atoms with Crippen molar-refractivity contribution in [2.75, 3.05) is 0 Å². The van der Waals surface area contributed by atoms with E-state index in [4.69, 9.17) is 0 Å². The monoisotopic (exact) mass is 244 g/mol. The van der Waals surface area contributed by atoms with Crippen molar-refractivity contribution in [3.8, 4) is 0 Å². The third-order valence-corrected chi connectivity index (χ3v) is 4.05. The first kappa shape index (κ1) is 11.6. The highest BCUT2D eigenvalue weighted by Gasteiger charge is 2.37. The van der Waals surface area contributed by atoms with Crippen molar-refractivity contribution in [1.82, 2.24) is 10.6 Å². The Morgan fingerprint density at radius 1 is 1.11 bits per heavy atom. The molecular formula is C15H20N2O. The van der Waals surface area contributed by atoms with Gasteiger partial charge in [0, 0.05) is 6.04 Å². The molecule has 2 fully saturated rings. The summed E-state index contributed by atoms with van der Waals surface area (Å²) in [6.07, 6.45) is 6.75. The normalized spacial score (nSPS) is 21.6. The molecule has 3 nitrogen and oxygen atoms in total. The molecule has 0 saturated heterocycles. The van der Waals surface area contributed by atoms with Gasteiger partial charge in [-0.25, -0.2) is 4.79 Å². The first-order chi connectivity index (χ1) is 8.78. The highest BCUT2D eigenvalue weighted by molar-refractivity contribution is 5.75. The largest absolute Gasteiger partial charge is 0.335 e. The minimum absolute atomic E-state index is 0.00301. The first-order valence-electron chi connectivity index (χ1n) is 6.93. The summed E-state index contributed by atoms with van der Waals surface area (Å²) in [7, 11) is 0. The van der Waals surface area contributed by atoms with Crippen LogP contribution in [0.5, 0.6) is 0 Å². The molecule has 18 heavy (non-hydrogen) atoms. The maximum Gasteiger partial charge on any atom is 0.315 e. The van der Waals surface area contributed by atoms with Crippen molar-refractivity contribution in [2.45, 2.75) is 50.1 Å². The van der Waals surface area contributed by atoms with Crippen LogP contribution < -0.4 is 10.6 Å². The van der Waals surface area contributed by atoms with Crippen molar-refractivity contribution < 1.29 is 4.79 Å². The van der Waals surface area contributed by atoms with Crippen LogP contribution in [0.2, 0.25) is 0 Å². The van der Waals surface area contributed by atoms with Gasteiger partial charge in [0.05, 0.1) is 5.54 Å². The molecule has 0 spiro atoms. The lowest BCUT2D eigenvalue weighted by atomic mass is 9.88. The molecule has 96 valence electrons. The number of amides is 2. The van der Waals surface area contributed by atoms with Gasteiger partial charge in [-0.15, -0.1) is 0 Å². The molecule has 1 aromatic carbocycles. The summed E-state index contributed by atoms with van der Waals surface area (Å²) in [4.78, 5) is 12.0. The van der Waals surface area contributed by atoms with E-state index in [0.29, 0.717) is 6.04 Å². The fraction of sp³-hybridized carbons (Fsp3) is 0.533. The molecule has 1 aromatic rings. The van der Waals surface area contributed by atoms with Gasteiger partial charge in [-0.05, 0) is 31.2 Å². The van der Waals surface area contributed by atoms with Gasteiger partial charge < -0.3 is 10.6 Å². The molecule has 2 saturated carbocycles. The fourth-order valence-corrected chi connectivity index (χ4v) is 2.89. The van der Waals surface area contributed by atoms with Gasteiger partial charge >= 0.3 is 6.03 Å². The molecule has 0 unspecified atom stereocenters. The Labute approximate surface area is 108 Å². The van der Waals surface area contributed by atoms with Crippen LogP contribution in [0.4, 0.5) is 4.79 Å². The van der Waals surface area contributed by atoms with Gasteiger partial charge in [0.25, 0.3) is 0 Å². The second kappa shape index (κ2) is 4.63. The minimum atomic E-state index is -0.139. The Hall–Kier alpha value is -1.51. The Morgan fingerprint density at radius 3 is 2.39 bits per heavy atom. The van der Waals surface area contributed by atoms with E-state index in [2.05, 4.69) is 34.9 Å². The standard InChI is InChI=1S/C15H20N2O/c18-14(16-13-8-9-13)17-15(10-4-5-11-15)12-6-2-1-3-7-12/h1-3,6-7,13H,4-5,8-11H2,(H2,16,17,18). The first-order valence-corrected chi connectivity index (χ1v) is 6.93. The number of benzene rings is 1. The predicted octanol–water partition coefficient (Wildman–Crippen LogP) is 2.92. The molecular weight excluding hydrogens is 224 g/mol. The lowest BCUT2D eigenvalue weighted by Gasteiger charge is -2.31. The van der Waals surface area contributed by atoms with Gasteiger partial charge in [0.2, 0.25) is 0 Å². The number of carbonyl (C=O) groups excluding carboxylic acids is 1. The smallest absolute Gasteiger partial charge is 0.315 e. The van der Waals surface area contributed by atoms with Crippen LogP contribution in [0.15, 0.2) is 30.3 Å². The molecule has 0 aromatic heterocycles. The second-order valence-corrected chi connectivity index (χ2v) is 5.53. The van der Waals surface area contributed by atoms with Crippen LogP contribution in [0.25, 0.3) is 0 Å². The summed E-state index contributed by atoms with van der Waals surface area (Å²) in [6.45, 7) is 0. The zero-order chi connectivity index (χ0) is 12.4.